The van der Waals surface area contributed by atoms with Gasteiger partial charge < -0.3 is 10.4 Å². The van der Waals surface area contributed by atoms with E-state index in [1.165, 1.54) is 0 Å². The fourth-order valence-electron chi connectivity index (χ4n) is 2.08. The Morgan fingerprint density at radius 1 is 1.32 bits per heavy atom. The van der Waals surface area contributed by atoms with E-state index in [1.807, 2.05) is 27.8 Å². The molecule has 2 rings (SSSR count). The van der Waals surface area contributed by atoms with Crippen molar-refractivity contribution in [2.75, 3.05) is 5.32 Å². The predicted octanol–water partition coefficient (Wildman–Crippen LogP) is 2.30. The maximum Gasteiger partial charge on any atom is 0.259 e. The molecule has 0 aliphatic carbocycles. The number of nitrogens with zero attached hydrogens (tertiary/aromatic N) is 2. The highest BCUT2D eigenvalue weighted by Crippen LogP contribution is 2.22. The van der Waals surface area contributed by atoms with Crippen molar-refractivity contribution in [1.29, 1.82) is 0 Å². The Kier molecular flexibility index (Phi) is 3.29. The number of phenols is 1. The molecule has 19 heavy (non-hydrogen) atoms. The van der Waals surface area contributed by atoms with Crippen LogP contribution < -0.4 is 5.32 Å². The van der Waals surface area contributed by atoms with Gasteiger partial charge in [-0.05, 0) is 44.5 Å². The minimum Gasteiger partial charge on any atom is -0.508 e. The second-order valence-electron chi connectivity index (χ2n) is 4.62. The van der Waals surface area contributed by atoms with E-state index in [0.29, 0.717) is 16.9 Å². The second kappa shape index (κ2) is 4.76. The number of phenolic OH excluding ortho intramolecular Hbond substituents is 1. The number of carbonyl (C=O) groups excluding carboxylic acids is 1. The molecular weight excluding hydrogens is 242 g/mol. The normalized spacial score (nSPS) is 10.5. The lowest BCUT2D eigenvalue weighted by Gasteiger charge is -2.09. The molecule has 5 heteroatoms. The first-order valence-corrected chi connectivity index (χ1v) is 6.01. The van der Waals surface area contributed by atoms with Crippen LogP contribution in [-0.4, -0.2) is 20.8 Å². The lowest BCUT2D eigenvalue weighted by Crippen LogP contribution is -2.14. The summed E-state index contributed by atoms with van der Waals surface area (Å²) in [5.74, 6) is 0.00104. The fourth-order valence-corrected chi connectivity index (χ4v) is 2.08. The topological polar surface area (TPSA) is 67.2 Å². The van der Waals surface area contributed by atoms with Gasteiger partial charge in [-0.1, -0.05) is 0 Å². The largest absolute Gasteiger partial charge is 0.508 e. The number of anilines is 1. The molecule has 100 valence electrons. The lowest BCUT2D eigenvalue weighted by atomic mass is 10.1. The molecule has 0 aliphatic rings. The highest BCUT2D eigenvalue weighted by atomic mass is 16.3. The van der Waals surface area contributed by atoms with Gasteiger partial charge in [0.2, 0.25) is 0 Å². The minimum absolute atomic E-state index is 0.183. The third-order valence-corrected chi connectivity index (χ3v) is 3.19. The number of hydrogen-bond donors (Lipinski definition) is 2. The number of aromatic nitrogens is 2. The average molecular weight is 259 g/mol. The van der Waals surface area contributed by atoms with Crippen LogP contribution >= 0.6 is 0 Å². The van der Waals surface area contributed by atoms with Gasteiger partial charge in [0.1, 0.15) is 5.75 Å². The van der Waals surface area contributed by atoms with Crippen molar-refractivity contribution in [3.8, 4) is 5.75 Å². The van der Waals surface area contributed by atoms with Crippen molar-refractivity contribution in [3.05, 3.63) is 40.7 Å². The molecule has 0 saturated heterocycles. The SMILES string of the molecule is Cc1cc(O)ccc1NC(=O)c1c(C)nn(C)c1C. The molecule has 0 bridgehead atoms. The third-order valence-electron chi connectivity index (χ3n) is 3.19. The van der Waals surface area contributed by atoms with Gasteiger partial charge in [-0.3, -0.25) is 9.48 Å². The van der Waals surface area contributed by atoms with Crippen molar-refractivity contribution in [1.82, 2.24) is 9.78 Å². The van der Waals surface area contributed by atoms with Crippen LogP contribution in [0.25, 0.3) is 0 Å². The molecule has 2 aromatic rings. The molecule has 1 amide bonds. The quantitative estimate of drug-likeness (QED) is 0.813. The summed E-state index contributed by atoms with van der Waals surface area (Å²) in [6, 6.07) is 4.84. The van der Waals surface area contributed by atoms with E-state index in [9.17, 15) is 9.90 Å². The van der Waals surface area contributed by atoms with Gasteiger partial charge >= 0.3 is 0 Å². The Bertz CT molecular complexity index is 644. The molecule has 1 aromatic carbocycles. The molecule has 0 unspecified atom stereocenters. The van der Waals surface area contributed by atoms with Gasteiger partial charge in [0.05, 0.1) is 11.3 Å². The zero-order valence-corrected chi connectivity index (χ0v) is 11.5. The van der Waals surface area contributed by atoms with Crippen LogP contribution in [0.15, 0.2) is 18.2 Å². The number of aromatic hydroxyl groups is 1. The summed E-state index contributed by atoms with van der Waals surface area (Å²) >= 11 is 0. The van der Waals surface area contributed by atoms with Crippen LogP contribution in [-0.2, 0) is 7.05 Å². The van der Waals surface area contributed by atoms with Gasteiger partial charge in [-0.15, -0.1) is 0 Å². The van der Waals surface area contributed by atoms with Crippen molar-refractivity contribution in [2.24, 2.45) is 7.05 Å². The zero-order valence-electron chi connectivity index (χ0n) is 11.5. The molecule has 0 saturated carbocycles. The van der Waals surface area contributed by atoms with Gasteiger partial charge in [0.15, 0.2) is 0 Å². The van der Waals surface area contributed by atoms with E-state index < -0.39 is 0 Å². The number of aryl methyl sites for hydroxylation is 3. The molecule has 0 radical (unpaired) electrons. The Morgan fingerprint density at radius 2 is 2.00 bits per heavy atom. The summed E-state index contributed by atoms with van der Waals surface area (Å²) in [4.78, 5) is 12.3. The Hall–Kier alpha value is -2.30. The minimum atomic E-state index is -0.183. The van der Waals surface area contributed by atoms with Crippen molar-refractivity contribution in [3.63, 3.8) is 0 Å². The molecule has 2 N–H and O–H groups in total. The first-order chi connectivity index (χ1) is 8.90. The van der Waals surface area contributed by atoms with E-state index in [2.05, 4.69) is 10.4 Å². The van der Waals surface area contributed by atoms with Crippen LogP contribution in [0.4, 0.5) is 5.69 Å². The summed E-state index contributed by atoms with van der Waals surface area (Å²) in [6.45, 7) is 5.50. The van der Waals surface area contributed by atoms with Gasteiger partial charge in [0, 0.05) is 18.4 Å². The molecular formula is C14H17N3O2. The molecule has 1 aromatic heterocycles. The van der Waals surface area contributed by atoms with Crippen LogP contribution in [0, 0.1) is 20.8 Å². The predicted molar refractivity (Wildman–Crippen MR) is 73.5 cm³/mol. The first-order valence-electron chi connectivity index (χ1n) is 6.01. The summed E-state index contributed by atoms with van der Waals surface area (Å²) in [6.07, 6.45) is 0. The van der Waals surface area contributed by atoms with Crippen LogP contribution in [0.3, 0.4) is 0 Å². The van der Waals surface area contributed by atoms with E-state index in [1.54, 1.807) is 22.9 Å². The van der Waals surface area contributed by atoms with Gasteiger partial charge in [0.25, 0.3) is 5.91 Å². The fraction of sp³-hybridized carbons (Fsp3) is 0.286. The third kappa shape index (κ3) is 2.45. The first kappa shape index (κ1) is 13.1. The number of nitrogens with one attached hydrogen (secondary N) is 1. The van der Waals surface area contributed by atoms with E-state index in [4.69, 9.17) is 0 Å². The lowest BCUT2D eigenvalue weighted by molar-refractivity contribution is 0.102. The number of hydrogen-bond acceptors (Lipinski definition) is 3. The molecule has 0 atom stereocenters. The molecule has 0 spiro atoms. The Morgan fingerprint density at radius 3 is 2.53 bits per heavy atom. The average Bonchev–Trinajstić information content (AvgIpc) is 2.57. The number of amides is 1. The van der Waals surface area contributed by atoms with E-state index in [-0.39, 0.29) is 11.7 Å². The smallest absolute Gasteiger partial charge is 0.259 e. The molecule has 0 aliphatic heterocycles. The summed E-state index contributed by atoms with van der Waals surface area (Å²) in [5.41, 5.74) is 3.62. The monoisotopic (exact) mass is 259 g/mol. The highest BCUT2D eigenvalue weighted by Gasteiger charge is 2.17. The van der Waals surface area contributed by atoms with Crippen LogP contribution in [0.5, 0.6) is 5.75 Å². The second-order valence-corrected chi connectivity index (χ2v) is 4.62. The number of benzene rings is 1. The summed E-state index contributed by atoms with van der Waals surface area (Å²) < 4.78 is 1.69. The van der Waals surface area contributed by atoms with E-state index in [0.717, 1.165) is 11.3 Å². The summed E-state index contributed by atoms with van der Waals surface area (Å²) in [5, 5.41) is 16.4. The van der Waals surface area contributed by atoms with Crippen molar-refractivity contribution in [2.45, 2.75) is 20.8 Å². The van der Waals surface area contributed by atoms with Crippen molar-refractivity contribution >= 4 is 11.6 Å². The zero-order chi connectivity index (χ0) is 14.2. The van der Waals surface area contributed by atoms with Crippen molar-refractivity contribution < 1.29 is 9.90 Å². The van der Waals surface area contributed by atoms with E-state index >= 15 is 0 Å². The van der Waals surface area contributed by atoms with Crippen LogP contribution in [0.1, 0.15) is 27.3 Å². The molecule has 0 fully saturated rings. The standard InChI is InChI=1S/C14H17N3O2/c1-8-7-11(18)5-6-12(8)15-14(19)13-9(2)16-17(4)10(13)3/h5-7,18H,1-4H3,(H,15,19). The van der Waals surface area contributed by atoms with Crippen LogP contribution in [0.2, 0.25) is 0 Å². The number of rotatable bonds is 2. The Balaban J connectivity index is 2.31. The maximum absolute atomic E-state index is 12.3. The maximum atomic E-state index is 12.3. The number of carbonyl (C=O) groups is 1. The van der Waals surface area contributed by atoms with Gasteiger partial charge in [-0.25, -0.2) is 0 Å². The van der Waals surface area contributed by atoms with Gasteiger partial charge in [-0.2, -0.15) is 5.10 Å². The molecule has 1 heterocycles. The Labute approximate surface area is 111 Å². The highest BCUT2D eigenvalue weighted by molar-refractivity contribution is 6.06. The molecule has 5 nitrogen and oxygen atoms in total. The summed E-state index contributed by atoms with van der Waals surface area (Å²) in [7, 11) is 1.81.